The van der Waals surface area contributed by atoms with Gasteiger partial charge in [-0.2, -0.15) is 0 Å². The fourth-order valence-corrected chi connectivity index (χ4v) is 12.5. The normalized spacial score (nSPS) is 18.9. The summed E-state index contributed by atoms with van der Waals surface area (Å²) >= 11 is 13.2. The highest BCUT2D eigenvalue weighted by atomic mass is 79.9. The van der Waals surface area contributed by atoms with Gasteiger partial charge in [-0.15, -0.1) is 0 Å². The van der Waals surface area contributed by atoms with Crippen LogP contribution in [0, 0.1) is 0 Å². The van der Waals surface area contributed by atoms with E-state index in [-0.39, 0.29) is 34.8 Å². The first-order valence-electron chi connectivity index (χ1n) is 13.2. The van der Waals surface area contributed by atoms with Crippen LogP contribution in [0.4, 0.5) is 0 Å². The van der Waals surface area contributed by atoms with E-state index in [1.54, 1.807) is 20.0 Å². The summed E-state index contributed by atoms with van der Waals surface area (Å²) in [6.07, 6.45) is 3.04. The first-order valence-corrected chi connectivity index (χ1v) is 18.1. The van der Waals surface area contributed by atoms with Crippen molar-refractivity contribution in [2.45, 2.75) is 73.0 Å². The molecule has 4 heterocycles. The lowest BCUT2D eigenvalue weighted by Gasteiger charge is -2.26. The van der Waals surface area contributed by atoms with Gasteiger partial charge < -0.3 is 0 Å². The summed E-state index contributed by atoms with van der Waals surface area (Å²) in [6.45, 7) is 9.96. The van der Waals surface area contributed by atoms with Crippen LogP contribution in [0.3, 0.4) is 0 Å². The van der Waals surface area contributed by atoms with Crippen molar-refractivity contribution in [2.75, 3.05) is 26.2 Å². The SMILES string of the molecule is CCCN1C(=O)C(=C2Sc3c(Br)c4c(c(Br)c3S2)SC(=C2C(=O)N(CCC)N(CCC)C2=O)S4)C(=O)N1CCC. The molecule has 4 aliphatic rings. The van der Waals surface area contributed by atoms with Gasteiger partial charge in [0, 0.05) is 54.7 Å². The van der Waals surface area contributed by atoms with Gasteiger partial charge in [0.25, 0.3) is 23.6 Å². The predicted molar refractivity (Wildman–Crippen MR) is 167 cm³/mol. The Morgan fingerprint density at radius 1 is 0.475 bits per heavy atom. The van der Waals surface area contributed by atoms with E-state index in [2.05, 4.69) is 31.9 Å². The Bertz CT molecular complexity index is 1200. The topological polar surface area (TPSA) is 81.2 Å². The second kappa shape index (κ2) is 12.3. The first-order chi connectivity index (χ1) is 19.2. The smallest absolute Gasteiger partial charge is 0.267 e. The van der Waals surface area contributed by atoms with Gasteiger partial charge in [-0.05, 0) is 57.5 Å². The third kappa shape index (κ3) is 4.87. The molecule has 0 aromatic heterocycles. The number of carbonyl (C=O) groups is 4. The Morgan fingerprint density at radius 3 is 0.900 bits per heavy atom. The maximum atomic E-state index is 13.4. The molecular formula is C26H28Br2N4O4S4. The largest absolute Gasteiger partial charge is 0.279 e. The Kier molecular flexibility index (Phi) is 9.33. The molecule has 4 amide bonds. The van der Waals surface area contributed by atoms with E-state index in [9.17, 15) is 19.2 Å². The molecule has 8 nitrogen and oxygen atoms in total. The fraction of sp³-hybridized carbons (Fsp3) is 0.462. The van der Waals surface area contributed by atoms with Crippen molar-refractivity contribution in [1.29, 1.82) is 0 Å². The number of benzene rings is 1. The van der Waals surface area contributed by atoms with Gasteiger partial charge in [0.1, 0.15) is 11.1 Å². The van der Waals surface area contributed by atoms with Crippen molar-refractivity contribution < 1.29 is 19.2 Å². The minimum Gasteiger partial charge on any atom is -0.267 e. The van der Waals surface area contributed by atoms with Crippen molar-refractivity contribution >= 4 is 103 Å². The third-order valence-corrected chi connectivity index (χ3v) is 14.4. The summed E-state index contributed by atoms with van der Waals surface area (Å²) in [5.41, 5.74) is 0.453. The Hall–Kier alpha value is -1.06. The standard InChI is InChI=1S/C26H28Br2N4O4S4/c1-5-9-29-21(33)13(22(34)30(29)10-6-2)25-37-17-15(27)19-20(16(28)18(17)38-25)40-26(39-19)14-23(35)31(11-7-3)32(12-8-4)24(14)36/h5-12H2,1-4H3. The van der Waals surface area contributed by atoms with Crippen molar-refractivity contribution in [2.24, 2.45) is 0 Å². The minimum absolute atomic E-state index is 0.226. The van der Waals surface area contributed by atoms with Crippen molar-refractivity contribution in [3.05, 3.63) is 28.6 Å². The van der Waals surface area contributed by atoms with E-state index in [4.69, 9.17) is 0 Å². The lowest BCUT2D eigenvalue weighted by atomic mass is 10.3. The highest BCUT2D eigenvalue weighted by molar-refractivity contribution is 9.11. The van der Waals surface area contributed by atoms with E-state index in [1.807, 2.05) is 27.7 Å². The molecule has 1 aromatic rings. The Balaban J connectivity index is 1.50. The number of fused-ring (bicyclic) bond motifs is 2. The van der Waals surface area contributed by atoms with Crippen LogP contribution >= 0.6 is 78.9 Å². The molecule has 2 saturated heterocycles. The van der Waals surface area contributed by atoms with Crippen LogP contribution in [-0.4, -0.2) is 69.8 Å². The number of carbonyl (C=O) groups excluding carboxylic acids is 4. The van der Waals surface area contributed by atoms with Crippen LogP contribution in [0.15, 0.2) is 48.1 Å². The van der Waals surface area contributed by atoms with Gasteiger partial charge in [0.15, 0.2) is 0 Å². The predicted octanol–water partition coefficient (Wildman–Crippen LogP) is 6.84. The first kappa shape index (κ1) is 30.4. The molecule has 0 atom stereocenters. The average Bonchev–Trinajstić information content (AvgIpc) is 3.66. The molecule has 0 spiro atoms. The average molecular weight is 749 g/mol. The highest BCUT2D eigenvalue weighted by Crippen LogP contribution is 2.66. The summed E-state index contributed by atoms with van der Waals surface area (Å²) < 4.78 is 3.03. The molecule has 0 saturated carbocycles. The summed E-state index contributed by atoms with van der Waals surface area (Å²) in [6, 6.07) is 0. The second-order valence-corrected chi connectivity index (χ2v) is 15.6. The number of thioether (sulfide) groups is 4. The van der Waals surface area contributed by atoms with Crippen LogP contribution in [-0.2, 0) is 19.2 Å². The molecule has 14 heteroatoms. The number of nitrogens with zero attached hydrogens (tertiary/aromatic N) is 4. The lowest BCUT2D eigenvalue weighted by Crippen LogP contribution is -2.41. The molecular weight excluding hydrogens is 720 g/mol. The maximum Gasteiger partial charge on any atom is 0.279 e. The van der Waals surface area contributed by atoms with Gasteiger partial charge in [0.2, 0.25) is 0 Å². The Labute approximate surface area is 267 Å². The van der Waals surface area contributed by atoms with E-state index < -0.39 is 0 Å². The number of hydrogen-bond donors (Lipinski definition) is 0. The van der Waals surface area contributed by atoms with Crippen molar-refractivity contribution in [3.63, 3.8) is 0 Å². The fourth-order valence-electron chi connectivity index (χ4n) is 4.81. The zero-order valence-corrected chi connectivity index (χ0v) is 28.9. The second-order valence-electron chi connectivity index (χ2n) is 9.39. The Morgan fingerprint density at radius 2 is 0.700 bits per heavy atom. The van der Waals surface area contributed by atoms with Crippen LogP contribution < -0.4 is 0 Å². The van der Waals surface area contributed by atoms with Crippen molar-refractivity contribution in [3.8, 4) is 0 Å². The summed E-state index contributed by atoms with van der Waals surface area (Å²) in [7, 11) is 0. The van der Waals surface area contributed by atoms with E-state index in [1.165, 1.54) is 47.0 Å². The van der Waals surface area contributed by atoms with Gasteiger partial charge >= 0.3 is 0 Å². The molecule has 1 aromatic carbocycles. The minimum atomic E-state index is -0.245. The van der Waals surface area contributed by atoms with E-state index in [0.29, 0.717) is 34.7 Å². The van der Waals surface area contributed by atoms with Crippen molar-refractivity contribution in [1.82, 2.24) is 20.0 Å². The number of hydrogen-bond acceptors (Lipinski definition) is 8. The van der Waals surface area contributed by atoms with E-state index in [0.717, 1.165) is 54.2 Å². The summed E-state index contributed by atoms with van der Waals surface area (Å²) in [5, 5.41) is 6.30. The van der Waals surface area contributed by atoms with Crippen LogP contribution in [0.25, 0.3) is 0 Å². The summed E-state index contributed by atoms with van der Waals surface area (Å²) in [5.74, 6) is -0.981. The molecule has 214 valence electrons. The molecule has 0 aliphatic carbocycles. The highest BCUT2D eigenvalue weighted by Gasteiger charge is 2.47. The van der Waals surface area contributed by atoms with Crippen LogP contribution in [0.2, 0.25) is 0 Å². The number of halogens is 2. The lowest BCUT2D eigenvalue weighted by molar-refractivity contribution is -0.146. The van der Waals surface area contributed by atoms with Crippen LogP contribution in [0.1, 0.15) is 53.4 Å². The molecule has 40 heavy (non-hydrogen) atoms. The van der Waals surface area contributed by atoms with Crippen LogP contribution in [0.5, 0.6) is 0 Å². The quantitative estimate of drug-likeness (QED) is 0.211. The molecule has 2 fully saturated rings. The number of amides is 4. The monoisotopic (exact) mass is 746 g/mol. The molecule has 0 bridgehead atoms. The zero-order valence-electron chi connectivity index (χ0n) is 22.5. The summed E-state index contributed by atoms with van der Waals surface area (Å²) in [4.78, 5) is 57.1. The van der Waals surface area contributed by atoms with Gasteiger partial charge in [-0.1, -0.05) is 74.7 Å². The maximum absolute atomic E-state index is 13.4. The molecule has 5 rings (SSSR count). The number of rotatable bonds is 8. The molecule has 4 aliphatic heterocycles. The van der Waals surface area contributed by atoms with Gasteiger partial charge in [-0.25, -0.2) is 20.0 Å². The number of hydrazine groups is 2. The van der Waals surface area contributed by atoms with Gasteiger partial charge in [0.05, 0.1) is 8.47 Å². The zero-order chi connectivity index (χ0) is 28.9. The molecule has 0 radical (unpaired) electrons. The molecule has 0 N–H and O–H groups in total. The third-order valence-electron chi connectivity index (χ3n) is 6.51. The van der Waals surface area contributed by atoms with E-state index >= 15 is 0 Å². The van der Waals surface area contributed by atoms with Gasteiger partial charge in [-0.3, -0.25) is 19.2 Å². The molecule has 0 unspecified atom stereocenters.